The van der Waals surface area contributed by atoms with Gasteiger partial charge in [-0.1, -0.05) is 25.4 Å². The number of urea groups is 1. The van der Waals surface area contributed by atoms with E-state index >= 15 is 0 Å². The van der Waals surface area contributed by atoms with E-state index in [0.717, 1.165) is 6.08 Å². The maximum atomic E-state index is 11.7. The van der Waals surface area contributed by atoms with Gasteiger partial charge in [-0.05, 0) is 29.7 Å². The molecule has 1 aromatic rings. The van der Waals surface area contributed by atoms with Crippen molar-refractivity contribution in [2.24, 2.45) is 5.92 Å². The smallest absolute Gasteiger partial charge is 0.331 e. The summed E-state index contributed by atoms with van der Waals surface area (Å²) in [6.07, 6.45) is 2.60. The van der Waals surface area contributed by atoms with E-state index in [1.165, 1.54) is 6.08 Å². The molecule has 0 spiro atoms. The van der Waals surface area contributed by atoms with Gasteiger partial charge in [-0.15, -0.1) is 0 Å². The Hall–Kier alpha value is -2.74. The number of hydrogen-bond acceptors (Lipinski definition) is 6. The summed E-state index contributed by atoms with van der Waals surface area (Å²) in [4.78, 5) is 34.6. The van der Waals surface area contributed by atoms with Gasteiger partial charge in [0.2, 0.25) is 6.79 Å². The van der Waals surface area contributed by atoms with E-state index in [9.17, 15) is 14.4 Å². The number of carbonyl (C=O) groups is 3. The Morgan fingerprint density at radius 2 is 2.08 bits per heavy atom. The van der Waals surface area contributed by atoms with Crippen LogP contribution in [0.2, 0.25) is 5.02 Å². The molecule has 0 unspecified atom stereocenters. The number of esters is 1. The molecule has 0 radical (unpaired) electrons. The zero-order valence-electron chi connectivity index (χ0n) is 14.3. The summed E-state index contributed by atoms with van der Waals surface area (Å²) < 4.78 is 15.2. The molecule has 0 saturated heterocycles. The summed E-state index contributed by atoms with van der Waals surface area (Å²) in [5.74, 6) is -0.268. The number of fused-ring (bicyclic) bond motifs is 1. The fourth-order valence-electron chi connectivity index (χ4n) is 1.94. The summed E-state index contributed by atoms with van der Waals surface area (Å²) in [5, 5.41) is 4.94. The molecule has 1 aromatic carbocycles. The predicted molar refractivity (Wildman–Crippen MR) is 93.9 cm³/mol. The van der Waals surface area contributed by atoms with Crippen LogP contribution in [0.3, 0.4) is 0 Å². The monoisotopic (exact) mass is 382 g/mol. The molecule has 1 aliphatic heterocycles. The summed E-state index contributed by atoms with van der Waals surface area (Å²) in [6, 6.07) is 2.62. The molecule has 1 aliphatic rings. The third-order valence-corrected chi connectivity index (χ3v) is 3.41. The van der Waals surface area contributed by atoms with Crippen molar-refractivity contribution in [1.82, 2.24) is 10.6 Å². The SMILES string of the molecule is CC(C)CNC(=O)NC(=O)COC(=O)/C=C/c1cc(Cl)c2c(c1)OCO2. The summed E-state index contributed by atoms with van der Waals surface area (Å²) in [5.41, 5.74) is 0.605. The molecule has 0 bridgehead atoms. The van der Waals surface area contributed by atoms with Crippen molar-refractivity contribution in [3.63, 3.8) is 0 Å². The normalized spacial score (nSPS) is 12.3. The van der Waals surface area contributed by atoms with E-state index in [1.807, 2.05) is 13.8 Å². The number of nitrogens with one attached hydrogen (secondary N) is 2. The highest BCUT2D eigenvalue weighted by Crippen LogP contribution is 2.40. The fourth-order valence-corrected chi connectivity index (χ4v) is 2.21. The lowest BCUT2D eigenvalue weighted by molar-refractivity contribution is -0.143. The molecule has 140 valence electrons. The quantitative estimate of drug-likeness (QED) is 0.577. The number of halogens is 1. The Labute approximate surface area is 155 Å². The van der Waals surface area contributed by atoms with Crippen LogP contribution in [0.4, 0.5) is 4.79 Å². The number of carbonyl (C=O) groups excluding carboxylic acids is 3. The van der Waals surface area contributed by atoms with Crippen molar-refractivity contribution in [3.05, 3.63) is 28.8 Å². The lowest BCUT2D eigenvalue weighted by atomic mass is 10.2. The van der Waals surface area contributed by atoms with Gasteiger partial charge in [0, 0.05) is 12.6 Å². The van der Waals surface area contributed by atoms with Gasteiger partial charge in [-0.25, -0.2) is 9.59 Å². The van der Waals surface area contributed by atoms with Gasteiger partial charge in [0.1, 0.15) is 0 Å². The Kier molecular flexibility index (Phi) is 6.85. The van der Waals surface area contributed by atoms with Crippen LogP contribution in [0, 0.1) is 5.92 Å². The molecule has 2 N–H and O–H groups in total. The van der Waals surface area contributed by atoms with Crippen molar-refractivity contribution in [3.8, 4) is 11.5 Å². The number of ether oxygens (including phenoxy) is 3. The average molecular weight is 383 g/mol. The lowest BCUT2D eigenvalue weighted by Crippen LogP contribution is -2.42. The molecule has 0 fully saturated rings. The van der Waals surface area contributed by atoms with Crippen LogP contribution in [0.25, 0.3) is 6.08 Å². The van der Waals surface area contributed by atoms with Gasteiger partial charge < -0.3 is 19.5 Å². The zero-order chi connectivity index (χ0) is 19.1. The molecule has 3 amide bonds. The largest absolute Gasteiger partial charge is 0.454 e. The Bertz CT molecular complexity index is 732. The predicted octanol–water partition coefficient (Wildman–Crippen LogP) is 2.11. The van der Waals surface area contributed by atoms with Crippen LogP contribution in [-0.2, 0) is 14.3 Å². The number of imide groups is 1. The number of amides is 3. The van der Waals surface area contributed by atoms with E-state index in [1.54, 1.807) is 12.1 Å². The summed E-state index contributed by atoms with van der Waals surface area (Å²) >= 11 is 6.04. The van der Waals surface area contributed by atoms with Gasteiger partial charge >= 0.3 is 12.0 Å². The third kappa shape index (κ3) is 5.96. The second kappa shape index (κ2) is 9.10. The molecular weight excluding hydrogens is 364 g/mol. The topological polar surface area (TPSA) is 103 Å². The maximum Gasteiger partial charge on any atom is 0.331 e. The van der Waals surface area contributed by atoms with Gasteiger partial charge in [-0.3, -0.25) is 10.1 Å². The van der Waals surface area contributed by atoms with Gasteiger partial charge in [0.15, 0.2) is 18.1 Å². The van der Waals surface area contributed by atoms with E-state index in [2.05, 4.69) is 10.6 Å². The molecule has 2 rings (SSSR count). The first-order valence-corrected chi connectivity index (χ1v) is 8.24. The van der Waals surface area contributed by atoms with E-state index < -0.39 is 24.5 Å². The van der Waals surface area contributed by atoms with E-state index in [4.69, 9.17) is 25.8 Å². The summed E-state index contributed by atoms with van der Waals surface area (Å²) in [6.45, 7) is 3.79. The van der Waals surface area contributed by atoms with E-state index in [-0.39, 0.29) is 12.7 Å². The van der Waals surface area contributed by atoms with Gasteiger partial charge in [0.05, 0.1) is 5.02 Å². The first-order valence-electron chi connectivity index (χ1n) is 7.87. The number of rotatable bonds is 6. The molecule has 0 atom stereocenters. The molecule has 8 nitrogen and oxygen atoms in total. The van der Waals surface area contributed by atoms with Crippen molar-refractivity contribution in [1.29, 1.82) is 0 Å². The molecule has 26 heavy (non-hydrogen) atoms. The van der Waals surface area contributed by atoms with Crippen molar-refractivity contribution in [2.45, 2.75) is 13.8 Å². The maximum absolute atomic E-state index is 11.7. The molecule has 0 saturated carbocycles. The standard InChI is InChI=1S/C17H19ClN2O6/c1-10(2)7-19-17(23)20-14(21)8-24-15(22)4-3-11-5-12(18)16-13(6-11)25-9-26-16/h3-6,10H,7-9H2,1-2H3,(H2,19,20,21,23)/b4-3+. The minimum Gasteiger partial charge on any atom is -0.454 e. The summed E-state index contributed by atoms with van der Waals surface area (Å²) in [7, 11) is 0. The van der Waals surface area contributed by atoms with Crippen LogP contribution in [0.15, 0.2) is 18.2 Å². The van der Waals surface area contributed by atoms with Gasteiger partial charge in [0.25, 0.3) is 5.91 Å². The lowest BCUT2D eigenvalue weighted by Gasteiger charge is -2.08. The highest BCUT2D eigenvalue weighted by atomic mass is 35.5. The van der Waals surface area contributed by atoms with Crippen molar-refractivity contribution in [2.75, 3.05) is 19.9 Å². The third-order valence-electron chi connectivity index (χ3n) is 3.13. The van der Waals surface area contributed by atoms with E-state index in [0.29, 0.717) is 28.6 Å². The second-order valence-corrected chi connectivity index (χ2v) is 6.24. The van der Waals surface area contributed by atoms with Crippen molar-refractivity contribution < 1.29 is 28.6 Å². The highest BCUT2D eigenvalue weighted by Gasteiger charge is 2.17. The van der Waals surface area contributed by atoms with Crippen molar-refractivity contribution >= 4 is 35.6 Å². The fraction of sp³-hybridized carbons (Fsp3) is 0.353. The number of benzene rings is 1. The van der Waals surface area contributed by atoms with Crippen LogP contribution < -0.4 is 20.1 Å². The Morgan fingerprint density at radius 3 is 2.81 bits per heavy atom. The minimum absolute atomic E-state index is 0.0874. The molecule has 9 heteroatoms. The van der Waals surface area contributed by atoms with Crippen LogP contribution in [0.1, 0.15) is 19.4 Å². The first-order chi connectivity index (χ1) is 12.3. The molecule has 0 aromatic heterocycles. The Morgan fingerprint density at radius 1 is 1.31 bits per heavy atom. The molecule has 0 aliphatic carbocycles. The first kappa shape index (κ1) is 19.6. The second-order valence-electron chi connectivity index (χ2n) is 5.83. The molecule has 1 heterocycles. The van der Waals surface area contributed by atoms with Crippen LogP contribution >= 0.6 is 11.6 Å². The zero-order valence-corrected chi connectivity index (χ0v) is 15.1. The van der Waals surface area contributed by atoms with Crippen LogP contribution in [-0.4, -0.2) is 37.9 Å². The highest BCUT2D eigenvalue weighted by molar-refractivity contribution is 6.32. The Balaban J connectivity index is 1.78. The minimum atomic E-state index is -0.739. The average Bonchev–Trinajstić information content (AvgIpc) is 3.05. The number of hydrogen-bond donors (Lipinski definition) is 2. The van der Waals surface area contributed by atoms with Gasteiger partial charge in [-0.2, -0.15) is 0 Å². The molecular formula is C17H19ClN2O6. The van der Waals surface area contributed by atoms with Crippen LogP contribution in [0.5, 0.6) is 11.5 Å².